The van der Waals surface area contributed by atoms with Crippen molar-refractivity contribution in [1.29, 1.82) is 0 Å². The van der Waals surface area contributed by atoms with Crippen LogP contribution in [0.15, 0.2) is 48.5 Å². The van der Waals surface area contributed by atoms with Gasteiger partial charge in [0, 0.05) is 26.1 Å². The first-order chi connectivity index (χ1) is 35.4. The summed E-state index contributed by atoms with van der Waals surface area (Å²) in [7, 11) is 0. The van der Waals surface area contributed by atoms with Crippen LogP contribution in [0, 0.1) is 5.92 Å². The summed E-state index contributed by atoms with van der Waals surface area (Å²) in [6.07, 6.45) is 0.203. The molecule has 0 spiro atoms. The molecule has 0 radical (unpaired) electrons. The predicted molar refractivity (Wildman–Crippen MR) is 264 cm³/mol. The number of nitrogens with one attached hydrogen (secondary N) is 5. The number of primary amides is 1. The monoisotopic (exact) mass is 1050 g/mol. The lowest BCUT2D eigenvalue weighted by Gasteiger charge is -2.35. The Morgan fingerprint density at radius 2 is 1.03 bits per heavy atom. The molecule has 75 heavy (non-hydrogen) atoms. The standard InChI is InChI=1S/C50H68N10O15/c1-26(2)21-33(54-43(67)32(51)22-28-10-14-30(61)15-11-28)45(69)56-35(24-40(52)63)47(71)59-19-5-8-38(59)49(73)60-20-6-9-39(60)48(72)58-18-4-7-37(58)46(70)55-34(23-29-12-16-31(62)17-13-29)44(68)53-27(3)42(66)57-36(50(74)75)25-41(64)65/h10-17,26-27,32-39,61-62H,4-9,18-25,51H2,1-3H3,(H2,52,63)(H,53,68)(H,54,67)(H,55,70)(H,56,69)(H,57,66)(H,64,65)(H,74,75)/t27-,32-,33-,34-,35-,36-,37-,38-,39-/m0/s1. The van der Waals surface area contributed by atoms with Gasteiger partial charge in [0.05, 0.1) is 18.9 Å². The molecule has 9 atom stereocenters. The van der Waals surface area contributed by atoms with Crippen molar-refractivity contribution in [3.8, 4) is 11.5 Å². The summed E-state index contributed by atoms with van der Waals surface area (Å²) in [4.78, 5) is 150. The van der Waals surface area contributed by atoms with Crippen LogP contribution in [0.25, 0.3) is 0 Å². The van der Waals surface area contributed by atoms with Gasteiger partial charge in [-0.05, 0) is 99.6 Å². The molecule has 25 heteroatoms. The summed E-state index contributed by atoms with van der Waals surface area (Å²) in [5, 5.41) is 50.3. The van der Waals surface area contributed by atoms with E-state index in [1.54, 1.807) is 12.1 Å². The van der Waals surface area contributed by atoms with E-state index in [0.29, 0.717) is 30.4 Å². The number of carboxylic acid groups (broad SMARTS) is 2. The van der Waals surface area contributed by atoms with Crippen molar-refractivity contribution < 1.29 is 73.2 Å². The number of carboxylic acids is 2. The van der Waals surface area contributed by atoms with Gasteiger partial charge in [0.1, 0.15) is 59.8 Å². The quantitative estimate of drug-likeness (QED) is 0.0547. The molecule has 3 aliphatic rings. The lowest BCUT2D eigenvalue weighted by molar-refractivity contribution is -0.151. The largest absolute Gasteiger partial charge is 0.508 e. The summed E-state index contributed by atoms with van der Waals surface area (Å²) in [5.41, 5.74) is 12.9. The van der Waals surface area contributed by atoms with Crippen LogP contribution in [-0.4, -0.2) is 174 Å². The van der Waals surface area contributed by atoms with Crippen molar-refractivity contribution in [2.75, 3.05) is 19.6 Å². The zero-order chi connectivity index (χ0) is 55.3. The number of aliphatic carboxylic acids is 2. The second-order valence-electron chi connectivity index (χ2n) is 19.6. The summed E-state index contributed by atoms with van der Waals surface area (Å²) in [6.45, 7) is 5.17. The molecule has 3 saturated heterocycles. The van der Waals surface area contributed by atoms with Gasteiger partial charge in [0.15, 0.2) is 0 Å². The zero-order valence-electron chi connectivity index (χ0n) is 42.1. The van der Waals surface area contributed by atoms with Crippen LogP contribution in [0.4, 0.5) is 0 Å². The van der Waals surface area contributed by atoms with Crippen LogP contribution in [0.1, 0.15) is 89.7 Å². The fraction of sp³-hybridized carbons (Fsp3) is 0.540. The lowest BCUT2D eigenvalue weighted by Crippen LogP contribution is -2.60. The summed E-state index contributed by atoms with van der Waals surface area (Å²) in [6, 6.07) is 0.143. The predicted octanol–water partition coefficient (Wildman–Crippen LogP) is -1.89. The third-order valence-electron chi connectivity index (χ3n) is 13.3. The summed E-state index contributed by atoms with van der Waals surface area (Å²) >= 11 is 0. The number of hydrogen-bond donors (Lipinski definition) is 11. The van der Waals surface area contributed by atoms with Crippen LogP contribution in [-0.2, 0) is 65.6 Å². The minimum absolute atomic E-state index is 0.0303. The second kappa shape index (κ2) is 26.4. The minimum Gasteiger partial charge on any atom is -0.508 e. The average molecular weight is 1050 g/mol. The van der Waals surface area contributed by atoms with Gasteiger partial charge in [-0.2, -0.15) is 0 Å². The minimum atomic E-state index is -1.80. The fourth-order valence-electron chi connectivity index (χ4n) is 9.49. The highest BCUT2D eigenvalue weighted by Crippen LogP contribution is 2.29. The molecule has 25 nitrogen and oxygen atoms in total. The van der Waals surface area contributed by atoms with Crippen molar-refractivity contribution in [2.24, 2.45) is 17.4 Å². The number of carbonyl (C=O) groups is 11. The van der Waals surface area contributed by atoms with Crippen molar-refractivity contribution in [3.63, 3.8) is 0 Å². The van der Waals surface area contributed by atoms with Gasteiger partial charge >= 0.3 is 11.9 Å². The van der Waals surface area contributed by atoms with Crippen molar-refractivity contribution >= 4 is 65.1 Å². The number of amides is 9. The molecule has 0 aromatic heterocycles. The topological polar surface area (TPSA) is 391 Å². The number of carbonyl (C=O) groups excluding carboxylic acids is 9. The summed E-state index contributed by atoms with van der Waals surface area (Å²) in [5.74, 6) is -10.2. The van der Waals surface area contributed by atoms with Gasteiger partial charge in [-0.1, -0.05) is 38.1 Å². The Bertz CT molecular complexity index is 2460. The highest BCUT2D eigenvalue weighted by Gasteiger charge is 2.47. The van der Waals surface area contributed by atoms with E-state index >= 15 is 0 Å². The Hall–Kier alpha value is -7.83. The lowest BCUT2D eigenvalue weighted by atomic mass is 10.0. The maximum Gasteiger partial charge on any atom is 0.326 e. The fourth-order valence-corrected chi connectivity index (χ4v) is 9.49. The van der Waals surface area contributed by atoms with E-state index in [1.807, 2.05) is 13.8 Å². The number of nitrogens with zero attached hydrogens (tertiary/aromatic N) is 3. The number of phenols is 2. The van der Waals surface area contributed by atoms with E-state index in [0.717, 1.165) is 0 Å². The first-order valence-corrected chi connectivity index (χ1v) is 24.9. The Kier molecular flexibility index (Phi) is 20.4. The number of benzene rings is 2. The number of likely N-dealkylation sites (tertiary alicyclic amines) is 3. The van der Waals surface area contributed by atoms with Gasteiger partial charge in [0.25, 0.3) is 0 Å². The third-order valence-corrected chi connectivity index (χ3v) is 13.3. The van der Waals surface area contributed by atoms with E-state index in [2.05, 4.69) is 26.6 Å². The number of phenolic OH excluding ortho intramolecular Hbond substituents is 2. The van der Waals surface area contributed by atoms with Crippen molar-refractivity contribution in [2.45, 2.75) is 146 Å². The van der Waals surface area contributed by atoms with Gasteiger partial charge in [-0.3, -0.25) is 47.9 Å². The molecular formula is C50H68N10O15. The Morgan fingerprint density at radius 1 is 0.560 bits per heavy atom. The van der Waals surface area contributed by atoms with Gasteiger partial charge < -0.3 is 73.2 Å². The molecule has 13 N–H and O–H groups in total. The van der Waals surface area contributed by atoms with E-state index in [4.69, 9.17) is 16.6 Å². The first kappa shape index (κ1) is 58.1. The van der Waals surface area contributed by atoms with Crippen LogP contribution in [0.5, 0.6) is 11.5 Å². The van der Waals surface area contributed by atoms with Gasteiger partial charge in [-0.25, -0.2) is 4.79 Å². The maximum atomic E-state index is 14.5. The molecule has 3 heterocycles. The maximum absolute atomic E-state index is 14.5. The Balaban J connectivity index is 1.27. The van der Waals surface area contributed by atoms with Gasteiger partial charge in [0.2, 0.25) is 53.2 Å². The molecule has 5 rings (SSSR count). The number of hydrogen-bond acceptors (Lipinski definition) is 14. The number of nitrogens with two attached hydrogens (primary N) is 2. The molecule has 2 aromatic carbocycles. The van der Waals surface area contributed by atoms with Crippen molar-refractivity contribution in [1.82, 2.24) is 41.3 Å². The van der Waals surface area contributed by atoms with Crippen molar-refractivity contribution in [3.05, 3.63) is 59.7 Å². The molecule has 9 amide bonds. The number of aromatic hydroxyl groups is 2. The first-order valence-electron chi connectivity index (χ1n) is 24.9. The molecule has 0 aliphatic carbocycles. The molecule has 2 aromatic rings. The van der Waals surface area contributed by atoms with E-state index < -0.39 is 132 Å². The average Bonchev–Trinajstić information content (AvgIpc) is 4.16. The molecule has 0 bridgehead atoms. The molecule has 3 aliphatic heterocycles. The van der Waals surface area contributed by atoms with Crippen LogP contribution in [0.3, 0.4) is 0 Å². The zero-order valence-corrected chi connectivity index (χ0v) is 42.1. The third kappa shape index (κ3) is 16.1. The molecular weight excluding hydrogens is 981 g/mol. The number of rotatable bonds is 24. The SMILES string of the molecule is CC(C)C[C@H](NC(=O)[C@@H](N)Cc1ccc(O)cc1)C(=O)N[C@@H](CC(N)=O)C(=O)N1CCC[C@H]1C(=O)N1CCC[C@H]1C(=O)N1CCC[C@H]1C(=O)N[C@@H](Cc1ccc(O)cc1)C(=O)N[C@@H](C)C(=O)N[C@@H](CC(=O)O)C(=O)O. The van der Waals surface area contributed by atoms with E-state index in [1.165, 1.54) is 58.0 Å². The Morgan fingerprint density at radius 3 is 1.55 bits per heavy atom. The Labute approximate surface area is 432 Å². The molecule has 0 saturated carbocycles. The molecule has 3 fully saturated rings. The van der Waals surface area contributed by atoms with Gasteiger partial charge in [-0.15, -0.1) is 0 Å². The second-order valence-corrected chi connectivity index (χ2v) is 19.6. The normalized spacial score (nSPS) is 19.7. The van der Waals surface area contributed by atoms with E-state index in [-0.39, 0.29) is 75.6 Å². The van der Waals surface area contributed by atoms with Crippen LogP contribution >= 0.6 is 0 Å². The highest BCUT2D eigenvalue weighted by molar-refractivity contribution is 5.99. The molecule has 408 valence electrons. The molecule has 0 unspecified atom stereocenters. The summed E-state index contributed by atoms with van der Waals surface area (Å²) < 4.78 is 0. The van der Waals surface area contributed by atoms with Crippen LogP contribution < -0.4 is 38.1 Å². The smallest absolute Gasteiger partial charge is 0.326 e. The van der Waals surface area contributed by atoms with E-state index in [9.17, 15) is 68.1 Å². The van der Waals surface area contributed by atoms with Crippen LogP contribution in [0.2, 0.25) is 0 Å². The highest BCUT2D eigenvalue weighted by atomic mass is 16.4.